The smallest absolute Gasteiger partial charge is 0.260 e. The fourth-order valence-electron chi connectivity index (χ4n) is 3.39. The van der Waals surface area contributed by atoms with E-state index in [9.17, 15) is 4.79 Å². The Bertz CT molecular complexity index is 705. The molecule has 1 aromatic heterocycles. The molecule has 1 fully saturated rings. The Morgan fingerprint density at radius 1 is 1.24 bits per heavy atom. The lowest BCUT2D eigenvalue weighted by atomic mass is 9.90. The molecule has 25 heavy (non-hydrogen) atoms. The average molecular weight is 340 g/mol. The summed E-state index contributed by atoms with van der Waals surface area (Å²) in [5.74, 6) is 1.30. The second-order valence-corrected chi connectivity index (χ2v) is 6.51. The molecule has 0 N–H and O–H groups in total. The van der Waals surface area contributed by atoms with Crippen LogP contribution in [0.2, 0.25) is 0 Å². The van der Waals surface area contributed by atoms with Gasteiger partial charge in [0.05, 0.1) is 6.61 Å². The molecule has 132 valence electrons. The van der Waals surface area contributed by atoms with Crippen LogP contribution in [-0.4, -0.2) is 49.2 Å². The molecule has 5 nitrogen and oxygen atoms in total. The van der Waals surface area contributed by atoms with Crippen molar-refractivity contribution in [2.75, 3.05) is 33.4 Å². The van der Waals surface area contributed by atoms with Crippen LogP contribution in [0.1, 0.15) is 17.0 Å². The van der Waals surface area contributed by atoms with Crippen molar-refractivity contribution in [2.24, 2.45) is 5.92 Å². The number of pyridine rings is 1. The van der Waals surface area contributed by atoms with Gasteiger partial charge in [0.1, 0.15) is 5.75 Å². The Morgan fingerprint density at radius 2 is 2.04 bits per heavy atom. The molecule has 2 heterocycles. The van der Waals surface area contributed by atoms with Gasteiger partial charge in [-0.3, -0.25) is 9.78 Å². The molecule has 1 aromatic carbocycles. The van der Waals surface area contributed by atoms with Crippen LogP contribution in [0, 0.1) is 12.8 Å². The molecular weight excluding hydrogens is 316 g/mol. The Kier molecular flexibility index (Phi) is 5.66. The van der Waals surface area contributed by atoms with E-state index in [1.807, 2.05) is 48.2 Å². The molecule has 2 aromatic rings. The number of aromatic nitrogens is 1. The monoisotopic (exact) mass is 340 g/mol. The van der Waals surface area contributed by atoms with Gasteiger partial charge in [0.25, 0.3) is 5.91 Å². The van der Waals surface area contributed by atoms with E-state index >= 15 is 0 Å². The summed E-state index contributed by atoms with van der Waals surface area (Å²) < 4.78 is 11.0. The predicted molar refractivity (Wildman–Crippen MR) is 95.6 cm³/mol. The van der Waals surface area contributed by atoms with Crippen LogP contribution in [0.25, 0.3) is 0 Å². The van der Waals surface area contributed by atoms with Crippen LogP contribution in [0.4, 0.5) is 0 Å². The number of methoxy groups -OCH3 is 1. The Labute approximate surface area is 148 Å². The van der Waals surface area contributed by atoms with Gasteiger partial charge >= 0.3 is 0 Å². The minimum absolute atomic E-state index is 0.0131. The third-order valence-corrected chi connectivity index (χ3v) is 4.66. The van der Waals surface area contributed by atoms with Crippen LogP contribution >= 0.6 is 0 Å². The second kappa shape index (κ2) is 8.12. The second-order valence-electron chi connectivity index (χ2n) is 6.51. The molecule has 0 saturated carbocycles. The minimum atomic E-state index is 0.0131. The van der Waals surface area contributed by atoms with Gasteiger partial charge in [0.2, 0.25) is 0 Å². The van der Waals surface area contributed by atoms with Crippen LogP contribution in [0.5, 0.6) is 5.75 Å². The van der Waals surface area contributed by atoms with Crippen molar-refractivity contribution in [2.45, 2.75) is 12.8 Å². The van der Waals surface area contributed by atoms with Crippen LogP contribution < -0.4 is 4.74 Å². The molecule has 1 aliphatic heterocycles. The molecule has 3 rings (SSSR count). The first kappa shape index (κ1) is 17.4. The number of likely N-dealkylation sites (tertiary alicyclic amines) is 1. The Morgan fingerprint density at radius 3 is 2.76 bits per heavy atom. The first-order chi connectivity index (χ1) is 12.2. The first-order valence-corrected chi connectivity index (χ1v) is 8.53. The van der Waals surface area contributed by atoms with Crippen molar-refractivity contribution < 1.29 is 14.3 Å². The number of amides is 1. The Hall–Kier alpha value is -2.40. The molecule has 0 aliphatic carbocycles. The van der Waals surface area contributed by atoms with Crippen molar-refractivity contribution >= 4 is 5.91 Å². The number of carbonyl (C=O) groups excluding carboxylic acids is 1. The maximum atomic E-state index is 12.6. The summed E-state index contributed by atoms with van der Waals surface area (Å²) in [6, 6.07) is 11.8. The number of carbonyl (C=O) groups is 1. The fraction of sp³-hybridized carbons (Fsp3) is 0.400. The van der Waals surface area contributed by atoms with Crippen LogP contribution in [0.3, 0.4) is 0 Å². The summed E-state index contributed by atoms with van der Waals surface area (Å²) in [6.07, 6.45) is 3.59. The number of benzene rings is 1. The lowest BCUT2D eigenvalue weighted by Crippen LogP contribution is -2.33. The van der Waals surface area contributed by atoms with Crippen molar-refractivity contribution in [1.29, 1.82) is 0 Å². The predicted octanol–water partition coefficient (Wildman–Crippen LogP) is 2.66. The average Bonchev–Trinajstić information content (AvgIpc) is 3.05. The minimum Gasteiger partial charge on any atom is -0.484 e. The molecule has 0 bridgehead atoms. The summed E-state index contributed by atoms with van der Waals surface area (Å²) in [5.41, 5.74) is 2.32. The highest BCUT2D eigenvalue weighted by Gasteiger charge is 2.36. The zero-order valence-corrected chi connectivity index (χ0v) is 14.7. The van der Waals surface area contributed by atoms with Gasteiger partial charge in [-0.1, -0.05) is 12.1 Å². The number of nitrogens with zero attached hydrogens (tertiary/aromatic N) is 2. The largest absolute Gasteiger partial charge is 0.484 e. The zero-order valence-electron chi connectivity index (χ0n) is 14.7. The van der Waals surface area contributed by atoms with E-state index in [1.165, 1.54) is 5.56 Å². The van der Waals surface area contributed by atoms with Gasteiger partial charge in [-0.15, -0.1) is 0 Å². The maximum Gasteiger partial charge on any atom is 0.260 e. The lowest BCUT2D eigenvalue weighted by Gasteiger charge is -2.17. The highest BCUT2D eigenvalue weighted by molar-refractivity contribution is 5.78. The molecule has 2 atom stereocenters. The molecule has 0 radical (unpaired) electrons. The van der Waals surface area contributed by atoms with E-state index in [0.717, 1.165) is 11.3 Å². The summed E-state index contributed by atoms with van der Waals surface area (Å²) in [4.78, 5) is 18.5. The van der Waals surface area contributed by atoms with Crippen molar-refractivity contribution in [1.82, 2.24) is 9.88 Å². The fourth-order valence-corrected chi connectivity index (χ4v) is 3.39. The third-order valence-electron chi connectivity index (χ3n) is 4.66. The molecule has 0 unspecified atom stereocenters. The number of ether oxygens (including phenoxy) is 2. The quantitative estimate of drug-likeness (QED) is 0.811. The molecular formula is C20H24N2O3. The highest BCUT2D eigenvalue weighted by Crippen LogP contribution is 2.32. The molecule has 5 heteroatoms. The number of rotatable bonds is 6. The normalized spacial score (nSPS) is 19.8. The molecule has 1 saturated heterocycles. The maximum absolute atomic E-state index is 12.6. The van der Waals surface area contributed by atoms with Gasteiger partial charge in [-0.05, 0) is 42.3 Å². The van der Waals surface area contributed by atoms with E-state index in [0.29, 0.717) is 19.7 Å². The zero-order chi connectivity index (χ0) is 17.6. The van der Waals surface area contributed by atoms with E-state index in [4.69, 9.17) is 9.47 Å². The van der Waals surface area contributed by atoms with Gasteiger partial charge in [0, 0.05) is 44.4 Å². The number of hydrogen-bond donors (Lipinski definition) is 0. The van der Waals surface area contributed by atoms with Crippen molar-refractivity contribution in [3.8, 4) is 5.75 Å². The van der Waals surface area contributed by atoms with E-state index in [-0.39, 0.29) is 24.3 Å². The summed E-state index contributed by atoms with van der Waals surface area (Å²) in [6.45, 7) is 4.08. The molecule has 1 amide bonds. The lowest BCUT2D eigenvalue weighted by molar-refractivity contribution is -0.132. The first-order valence-electron chi connectivity index (χ1n) is 8.53. The van der Waals surface area contributed by atoms with Crippen molar-refractivity contribution in [3.63, 3.8) is 0 Å². The van der Waals surface area contributed by atoms with Gasteiger partial charge in [-0.25, -0.2) is 0 Å². The van der Waals surface area contributed by atoms with Gasteiger partial charge < -0.3 is 14.4 Å². The topological polar surface area (TPSA) is 51.7 Å². The standard InChI is InChI=1S/C20H24N2O3/c1-15-4-3-5-18(10-15)25-14-20(23)22-11-17(13-24-2)19(12-22)16-6-8-21-9-7-16/h3-10,17,19H,11-14H2,1-2H3/t17-,19-/m0/s1. The van der Waals surface area contributed by atoms with E-state index < -0.39 is 0 Å². The Balaban J connectivity index is 1.63. The van der Waals surface area contributed by atoms with Crippen molar-refractivity contribution in [3.05, 3.63) is 59.9 Å². The van der Waals surface area contributed by atoms with Gasteiger partial charge in [0.15, 0.2) is 6.61 Å². The van der Waals surface area contributed by atoms with E-state index in [1.54, 1.807) is 19.5 Å². The van der Waals surface area contributed by atoms with Crippen LogP contribution in [0.15, 0.2) is 48.8 Å². The number of aryl methyl sites for hydroxylation is 1. The van der Waals surface area contributed by atoms with Crippen LogP contribution in [-0.2, 0) is 9.53 Å². The summed E-state index contributed by atoms with van der Waals surface area (Å²) in [7, 11) is 1.70. The number of hydrogen-bond acceptors (Lipinski definition) is 4. The van der Waals surface area contributed by atoms with E-state index in [2.05, 4.69) is 4.98 Å². The van der Waals surface area contributed by atoms with Gasteiger partial charge in [-0.2, -0.15) is 0 Å². The summed E-state index contributed by atoms with van der Waals surface area (Å²) >= 11 is 0. The summed E-state index contributed by atoms with van der Waals surface area (Å²) in [5, 5.41) is 0. The third kappa shape index (κ3) is 4.37. The highest BCUT2D eigenvalue weighted by atomic mass is 16.5. The SMILES string of the molecule is COC[C@@H]1CN(C(=O)COc2cccc(C)c2)C[C@H]1c1ccncc1. The molecule has 1 aliphatic rings. The molecule has 0 spiro atoms.